The molecule has 0 fully saturated rings. The lowest BCUT2D eigenvalue weighted by Gasteiger charge is -2.46. The highest BCUT2D eigenvalue weighted by atomic mass is 16.7. The first-order valence-corrected chi connectivity index (χ1v) is 14.1. The largest absolute Gasteiger partial charge is 0.496 e. The Morgan fingerprint density at radius 2 is 1.16 bits per heavy atom. The summed E-state index contributed by atoms with van der Waals surface area (Å²) in [6, 6.07) is 23.5. The Hall–Kier alpha value is -5.24. The zero-order valence-electron chi connectivity index (χ0n) is 25.5. The summed E-state index contributed by atoms with van der Waals surface area (Å²) in [5.41, 5.74) is 4.05. The Bertz CT molecular complexity index is 1730. The van der Waals surface area contributed by atoms with Crippen LogP contribution in [-0.4, -0.2) is 42.7 Å². The predicted octanol–water partition coefficient (Wildman–Crippen LogP) is 7.26. The third-order valence-electron chi connectivity index (χ3n) is 7.94. The summed E-state index contributed by atoms with van der Waals surface area (Å²) in [5, 5.41) is 0. The van der Waals surface area contributed by atoms with Crippen molar-refractivity contribution in [2.45, 2.75) is 11.7 Å². The van der Waals surface area contributed by atoms with Gasteiger partial charge in [0.1, 0.15) is 11.5 Å². The van der Waals surface area contributed by atoms with Gasteiger partial charge in [0.2, 0.25) is 11.5 Å². The minimum absolute atomic E-state index is 0.403. The third kappa shape index (κ3) is 4.54. The van der Waals surface area contributed by atoms with Gasteiger partial charge in [-0.1, -0.05) is 72.8 Å². The maximum atomic E-state index is 7.06. The Kier molecular flexibility index (Phi) is 7.74. The summed E-state index contributed by atoms with van der Waals surface area (Å²) in [6.45, 7) is 0. The molecule has 0 spiro atoms. The van der Waals surface area contributed by atoms with Crippen molar-refractivity contribution in [1.82, 2.24) is 0 Å². The normalized spacial score (nSPS) is 18.0. The third-order valence-corrected chi connectivity index (χ3v) is 7.94. The molecule has 0 aliphatic carbocycles. The SMILES string of the molecule is COc1cc(OC)c(OC)c2c1C=C1[C@@H](C=Cc3ccccc3)c3c(OC)cc(OC)c(OC)c3O[C@@]1(c1ccccc1)O2. The molecule has 0 unspecified atom stereocenters. The van der Waals surface area contributed by atoms with Gasteiger partial charge < -0.3 is 37.9 Å². The molecule has 0 saturated carbocycles. The molecule has 2 heterocycles. The van der Waals surface area contributed by atoms with E-state index in [4.69, 9.17) is 37.9 Å². The molecule has 0 saturated heterocycles. The Balaban J connectivity index is 1.74. The smallest absolute Gasteiger partial charge is 0.302 e. The van der Waals surface area contributed by atoms with Gasteiger partial charge >= 0.3 is 5.79 Å². The lowest BCUT2D eigenvalue weighted by atomic mass is 9.77. The Labute approximate surface area is 256 Å². The van der Waals surface area contributed by atoms with Crippen molar-refractivity contribution in [2.24, 2.45) is 0 Å². The van der Waals surface area contributed by atoms with Gasteiger partial charge in [0.15, 0.2) is 23.0 Å². The van der Waals surface area contributed by atoms with Gasteiger partial charge in [-0.3, -0.25) is 0 Å². The van der Waals surface area contributed by atoms with E-state index in [1.54, 1.807) is 48.7 Å². The summed E-state index contributed by atoms with van der Waals surface area (Å²) in [6.07, 6.45) is 6.25. The number of allylic oxidation sites excluding steroid dienone is 1. The molecule has 0 aromatic heterocycles. The minimum Gasteiger partial charge on any atom is -0.496 e. The van der Waals surface area contributed by atoms with E-state index in [1.165, 1.54) is 0 Å². The van der Waals surface area contributed by atoms with Crippen LogP contribution in [0.5, 0.6) is 46.0 Å². The van der Waals surface area contributed by atoms with Crippen molar-refractivity contribution in [3.05, 3.63) is 107 Å². The van der Waals surface area contributed by atoms with Crippen molar-refractivity contribution in [1.29, 1.82) is 0 Å². The molecule has 2 atom stereocenters. The molecule has 0 amide bonds. The van der Waals surface area contributed by atoms with Crippen LogP contribution in [0.2, 0.25) is 0 Å². The summed E-state index contributed by atoms with van der Waals surface area (Å²) < 4.78 is 49.1. The number of ether oxygens (including phenoxy) is 8. The molecular formula is C36H34O8. The van der Waals surface area contributed by atoms with Crippen LogP contribution < -0.4 is 37.9 Å². The number of hydrogen-bond donors (Lipinski definition) is 0. The van der Waals surface area contributed by atoms with E-state index in [0.717, 1.165) is 22.3 Å². The average Bonchev–Trinajstić information content (AvgIpc) is 3.08. The van der Waals surface area contributed by atoms with Crippen LogP contribution in [0.15, 0.2) is 84.4 Å². The van der Waals surface area contributed by atoms with E-state index in [0.29, 0.717) is 51.6 Å². The van der Waals surface area contributed by atoms with Gasteiger partial charge in [-0.05, 0) is 11.6 Å². The van der Waals surface area contributed by atoms with Crippen LogP contribution in [0.25, 0.3) is 12.2 Å². The van der Waals surface area contributed by atoms with Crippen molar-refractivity contribution in [3.8, 4) is 46.0 Å². The first-order chi connectivity index (χ1) is 21.5. The molecule has 2 aliphatic heterocycles. The fourth-order valence-corrected chi connectivity index (χ4v) is 5.92. The quantitative estimate of drug-likeness (QED) is 0.201. The van der Waals surface area contributed by atoms with E-state index in [2.05, 4.69) is 12.2 Å². The number of methoxy groups -OCH3 is 6. The highest BCUT2D eigenvalue weighted by molar-refractivity contribution is 5.80. The number of benzene rings is 4. The van der Waals surface area contributed by atoms with Crippen LogP contribution in [0.1, 0.15) is 28.2 Å². The van der Waals surface area contributed by atoms with Crippen LogP contribution in [0.3, 0.4) is 0 Å². The van der Waals surface area contributed by atoms with E-state index in [-0.39, 0.29) is 0 Å². The van der Waals surface area contributed by atoms with Gasteiger partial charge in [-0.25, -0.2) is 0 Å². The van der Waals surface area contributed by atoms with Crippen LogP contribution in [0, 0.1) is 0 Å². The standard InChI is InChI=1S/C36H34O8/c1-37-27-20-29(39-3)33(41-5)32-25(27)19-26-24(18-17-22-13-9-7-10-14-22)31-28(38-2)21-30(40-4)34(42-6)35(31)44-36(26,43-32)23-15-11-8-12-16-23/h7-21,24H,1-6H3/t24-,36-/m1/s1. The topological polar surface area (TPSA) is 73.8 Å². The second-order valence-electron chi connectivity index (χ2n) is 10.1. The van der Waals surface area contributed by atoms with E-state index in [9.17, 15) is 0 Å². The lowest BCUT2D eigenvalue weighted by molar-refractivity contribution is -0.102. The van der Waals surface area contributed by atoms with Crippen molar-refractivity contribution >= 4 is 12.2 Å². The van der Waals surface area contributed by atoms with Gasteiger partial charge in [0, 0.05) is 29.2 Å². The second kappa shape index (κ2) is 11.8. The molecule has 4 aromatic rings. The minimum atomic E-state index is -1.46. The van der Waals surface area contributed by atoms with Crippen molar-refractivity contribution in [2.75, 3.05) is 42.7 Å². The van der Waals surface area contributed by atoms with E-state index in [1.807, 2.05) is 72.8 Å². The van der Waals surface area contributed by atoms with Gasteiger partial charge in [0.25, 0.3) is 0 Å². The molecule has 4 aromatic carbocycles. The zero-order chi connectivity index (χ0) is 30.8. The maximum absolute atomic E-state index is 7.06. The number of hydrogen-bond acceptors (Lipinski definition) is 8. The molecule has 8 heteroatoms. The molecule has 0 bridgehead atoms. The predicted molar refractivity (Wildman–Crippen MR) is 168 cm³/mol. The second-order valence-corrected chi connectivity index (χ2v) is 10.1. The fraction of sp³-hybridized carbons (Fsp3) is 0.222. The zero-order valence-corrected chi connectivity index (χ0v) is 25.5. The average molecular weight is 595 g/mol. The fourth-order valence-electron chi connectivity index (χ4n) is 5.92. The van der Waals surface area contributed by atoms with Crippen molar-refractivity contribution < 1.29 is 37.9 Å². The summed E-state index contributed by atoms with van der Waals surface area (Å²) in [4.78, 5) is 0. The van der Waals surface area contributed by atoms with Crippen molar-refractivity contribution in [3.63, 3.8) is 0 Å². The number of rotatable bonds is 9. The first-order valence-electron chi connectivity index (χ1n) is 14.1. The van der Waals surface area contributed by atoms with Crippen LogP contribution in [-0.2, 0) is 5.79 Å². The molecule has 0 N–H and O–H groups in total. The molecule has 6 rings (SSSR count). The van der Waals surface area contributed by atoms with E-state index < -0.39 is 11.7 Å². The monoisotopic (exact) mass is 594 g/mol. The molecule has 226 valence electrons. The number of fused-ring (bicyclic) bond motifs is 3. The van der Waals surface area contributed by atoms with Crippen LogP contribution in [0.4, 0.5) is 0 Å². The first kappa shape index (κ1) is 28.9. The summed E-state index contributed by atoms with van der Waals surface area (Å²) >= 11 is 0. The Morgan fingerprint density at radius 1 is 0.614 bits per heavy atom. The summed E-state index contributed by atoms with van der Waals surface area (Å²) in [7, 11) is 9.54. The van der Waals surface area contributed by atoms with Gasteiger partial charge in [-0.15, -0.1) is 0 Å². The highest BCUT2D eigenvalue weighted by Crippen LogP contribution is 2.62. The highest BCUT2D eigenvalue weighted by Gasteiger charge is 2.54. The Morgan fingerprint density at radius 3 is 1.75 bits per heavy atom. The van der Waals surface area contributed by atoms with Crippen LogP contribution >= 0.6 is 0 Å². The maximum Gasteiger partial charge on any atom is 0.302 e. The summed E-state index contributed by atoms with van der Waals surface area (Å²) in [5.74, 6) is 1.87. The van der Waals surface area contributed by atoms with Gasteiger partial charge in [-0.2, -0.15) is 0 Å². The molecule has 0 radical (unpaired) electrons. The molecule has 44 heavy (non-hydrogen) atoms. The van der Waals surface area contributed by atoms with E-state index >= 15 is 0 Å². The van der Waals surface area contributed by atoms with Gasteiger partial charge in [0.05, 0.1) is 53.8 Å². The molecule has 8 nitrogen and oxygen atoms in total. The molecular weight excluding hydrogens is 560 g/mol. The molecule has 2 aliphatic rings. The lowest BCUT2D eigenvalue weighted by Crippen LogP contribution is -2.47.